The zero-order chi connectivity index (χ0) is 21.3. The van der Waals surface area contributed by atoms with E-state index in [9.17, 15) is 13.2 Å². The number of aryl methyl sites for hydroxylation is 1. The van der Waals surface area contributed by atoms with Crippen LogP contribution in [0.4, 0.5) is 11.4 Å². The van der Waals surface area contributed by atoms with Crippen molar-refractivity contribution in [3.63, 3.8) is 0 Å². The number of hydrogen-bond donors (Lipinski definition) is 1. The first-order chi connectivity index (χ1) is 14.4. The number of amidine groups is 1. The Balaban J connectivity index is 1.49. The van der Waals surface area contributed by atoms with Crippen LogP contribution in [0, 0.1) is 6.92 Å². The normalized spacial score (nSPS) is 21.0. The fourth-order valence-corrected chi connectivity index (χ4v) is 4.97. The molecule has 30 heavy (non-hydrogen) atoms. The SMILES string of the molecule is CCN1CCN(c2ccc(NC(=O)C3=CC=CN4CCS(=O)(=O)N=C34)cc2C)CC1. The fraction of sp³-hybridized carbons (Fsp3) is 0.429. The van der Waals surface area contributed by atoms with Gasteiger partial charge in [-0.3, -0.25) is 4.79 Å². The Bertz CT molecular complexity index is 1040. The second kappa shape index (κ2) is 8.23. The van der Waals surface area contributed by atoms with Gasteiger partial charge >= 0.3 is 0 Å². The van der Waals surface area contributed by atoms with E-state index in [0.717, 1.165) is 38.3 Å². The molecule has 0 aromatic heterocycles. The lowest BCUT2D eigenvalue weighted by Crippen LogP contribution is -2.46. The van der Waals surface area contributed by atoms with Gasteiger partial charge in [-0.2, -0.15) is 0 Å². The summed E-state index contributed by atoms with van der Waals surface area (Å²) in [5.74, 6) is -0.240. The standard InChI is InChI=1S/C21H27N5O3S/c1-3-24-9-11-25(12-10-24)19-7-6-17(15-16(19)2)22-21(27)18-5-4-8-26-13-14-30(28,29)23-20(18)26/h4-8,15H,3,9-14H2,1-2H3,(H,22,27). The molecule has 160 valence electrons. The molecule has 4 rings (SSSR count). The number of piperazine rings is 1. The van der Waals surface area contributed by atoms with Gasteiger partial charge in [0.1, 0.15) is 0 Å². The van der Waals surface area contributed by atoms with Crippen LogP contribution in [-0.2, 0) is 14.8 Å². The van der Waals surface area contributed by atoms with E-state index >= 15 is 0 Å². The molecule has 0 spiro atoms. The number of amides is 1. The summed E-state index contributed by atoms with van der Waals surface area (Å²) < 4.78 is 27.6. The molecule has 1 aromatic rings. The summed E-state index contributed by atoms with van der Waals surface area (Å²) in [6.07, 6.45) is 5.07. The first-order valence-electron chi connectivity index (χ1n) is 10.2. The van der Waals surface area contributed by atoms with E-state index in [4.69, 9.17) is 0 Å². The van der Waals surface area contributed by atoms with Gasteiger partial charge in [-0.15, -0.1) is 4.40 Å². The molecular formula is C21H27N5O3S. The molecule has 8 nitrogen and oxygen atoms in total. The van der Waals surface area contributed by atoms with Crippen LogP contribution in [0.2, 0.25) is 0 Å². The molecule has 0 radical (unpaired) electrons. The van der Waals surface area contributed by atoms with Gasteiger partial charge in [-0.05, 0) is 49.4 Å². The lowest BCUT2D eigenvalue weighted by molar-refractivity contribution is -0.112. The maximum atomic E-state index is 12.9. The smallest absolute Gasteiger partial charge is 0.259 e. The number of benzene rings is 1. The average molecular weight is 430 g/mol. The monoisotopic (exact) mass is 429 g/mol. The van der Waals surface area contributed by atoms with Crippen molar-refractivity contribution in [2.45, 2.75) is 13.8 Å². The topological polar surface area (TPSA) is 85.3 Å². The Kier molecular flexibility index (Phi) is 5.66. The lowest BCUT2D eigenvalue weighted by atomic mass is 10.1. The number of nitrogens with one attached hydrogen (secondary N) is 1. The Morgan fingerprint density at radius 2 is 1.93 bits per heavy atom. The Morgan fingerprint density at radius 3 is 2.63 bits per heavy atom. The van der Waals surface area contributed by atoms with Gasteiger partial charge in [-0.25, -0.2) is 8.42 Å². The van der Waals surface area contributed by atoms with E-state index < -0.39 is 10.0 Å². The highest BCUT2D eigenvalue weighted by Gasteiger charge is 2.30. The van der Waals surface area contributed by atoms with Crippen LogP contribution in [0.15, 0.2) is 46.5 Å². The van der Waals surface area contributed by atoms with Crippen molar-refractivity contribution >= 4 is 33.1 Å². The summed E-state index contributed by atoms with van der Waals surface area (Å²) in [6, 6.07) is 5.88. The van der Waals surface area contributed by atoms with Crippen LogP contribution in [-0.4, -0.2) is 75.0 Å². The number of rotatable bonds is 4. The number of anilines is 2. The van der Waals surface area contributed by atoms with Crippen molar-refractivity contribution in [2.75, 3.05) is 55.2 Å². The quantitative estimate of drug-likeness (QED) is 0.782. The minimum Gasteiger partial charge on any atom is -0.369 e. The number of allylic oxidation sites excluding steroid dienone is 2. The summed E-state index contributed by atoms with van der Waals surface area (Å²) in [6.45, 7) is 9.68. The number of sulfonamides is 1. The highest BCUT2D eigenvalue weighted by atomic mass is 32.2. The summed E-state index contributed by atoms with van der Waals surface area (Å²) in [7, 11) is -3.54. The van der Waals surface area contributed by atoms with Crippen LogP contribution >= 0.6 is 0 Å². The first kappa shape index (κ1) is 20.6. The van der Waals surface area contributed by atoms with E-state index in [0.29, 0.717) is 12.2 Å². The summed E-state index contributed by atoms with van der Waals surface area (Å²) in [4.78, 5) is 19.4. The Hall–Kier alpha value is -2.65. The van der Waals surface area contributed by atoms with Gasteiger partial charge in [-0.1, -0.05) is 6.92 Å². The molecule has 0 aliphatic carbocycles. The fourth-order valence-electron chi connectivity index (χ4n) is 3.98. The van der Waals surface area contributed by atoms with Gasteiger partial charge in [0, 0.05) is 50.3 Å². The molecule has 1 aromatic carbocycles. The molecule has 0 saturated carbocycles. The number of hydrogen-bond acceptors (Lipinski definition) is 6. The molecular weight excluding hydrogens is 402 g/mol. The summed E-state index contributed by atoms with van der Waals surface area (Å²) in [5.41, 5.74) is 3.19. The van der Waals surface area contributed by atoms with E-state index in [1.165, 1.54) is 5.69 Å². The lowest BCUT2D eigenvalue weighted by Gasteiger charge is -2.36. The molecule has 1 fully saturated rings. The van der Waals surface area contributed by atoms with Crippen molar-refractivity contribution in [1.29, 1.82) is 0 Å². The number of carbonyl (C=O) groups is 1. The largest absolute Gasteiger partial charge is 0.369 e. The van der Waals surface area contributed by atoms with E-state index in [1.54, 1.807) is 23.3 Å². The van der Waals surface area contributed by atoms with Gasteiger partial charge < -0.3 is 20.0 Å². The third kappa shape index (κ3) is 4.27. The second-order valence-electron chi connectivity index (χ2n) is 7.69. The molecule has 3 aliphatic heterocycles. The molecule has 1 N–H and O–H groups in total. The number of likely N-dealkylation sites (N-methyl/N-ethyl adjacent to an activating group) is 1. The van der Waals surface area contributed by atoms with Crippen molar-refractivity contribution in [2.24, 2.45) is 4.40 Å². The molecule has 0 atom stereocenters. The van der Waals surface area contributed by atoms with Crippen LogP contribution < -0.4 is 10.2 Å². The van der Waals surface area contributed by atoms with Gasteiger partial charge in [0.05, 0.1) is 11.3 Å². The third-order valence-electron chi connectivity index (χ3n) is 5.72. The van der Waals surface area contributed by atoms with Gasteiger partial charge in [0.15, 0.2) is 5.84 Å². The van der Waals surface area contributed by atoms with Crippen LogP contribution in [0.25, 0.3) is 0 Å². The molecule has 0 unspecified atom stereocenters. The number of fused-ring (bicyclic) bond motifs is 1. The average Bonchev–Trinajstić information content (AvgIpc) is 2.73. The van der Waals surface area contributed by atoms with E-state index in [-0.39, 0.29) is 23.1 Å². The van der Waals surface area contributed by atoms with Crippen molar-refractivity contribution in [3.8, 4) is 0 Å². The van der Waals surface area contributed by atoms with Crippen molar-refractivity contribution < 1.29 is 13.2 Å². The predicted molar refractivity (Wildman–Crippen MR) is 119 cm³/mol. The van der Waals surface area contributed by atoms with Crippen LogP contribution in [0.1, 0.15) is 12.5 Å². The number of nitrogens with zero attached hydrogens (tertiary/aromatic N) is 4. The molecule has 1 amide bonds. The highest BCUT2D eigenvalue weighted by Crippen LogP contribution is 2.26. The molecule has 1 saturated heterocycles. The minimum atomic E-state index is -3.54. The minimum absolute atomic E-state index is 0.0527. The Morgan fingerprint density at radius 1 is 1.17 bits per heavy atom. The Labute approximate surface area is 177 Å². The maximum absolute atomic E-state index is 12.9. The van der Waals surface area contributed by atoms with Crippen LogP contribution in [0.5, 0.6) is 0 Å². The number of carbonyl (C=O) groups excluding carboxylic acids is 1. The summed E-state index contributed by atoms with van der Waals surface area (Å²) in [5, 5.41) is 2.89. The second-order valence-corrected chi connectivity index (χ2v) is 9.45. The zero-order valence-electron chi connectivity index (χ0n) is 17.3. The van der Waals surface area contributed by atoms with Crippen LogP contribution in [0.3, 0.4) is 0 Å². The molecule has 3 aliphatic rings. The molecule has 0 bridgehead atoms. The van der Waals surface area contributed by atoms with Crippen molar-refractivity contribution in [1.82, 2.24) is 9.80 Å². The van der Waals surface area contributed by atoms with Gasteiger partial charge in [0.2, 0.25) is 0 Å². The van der Waals surface area contributed by atoms with E-state index in [1.807, 2.05) is 25.1 Å². The highest BCUT2D eigenvalue weighted by molar-refractivity contribution is 7.90. The predicted octanol–water partition coefficient (Wildman–Crippen LogP) is 1.57. The molecule has 3 heterocycles. The van der Waals surface area contributed by atoms with Crippen molar-refractivity contribution in [3.05, 3.63) is 47.7 Å². The molecule has 9 heteroatoms. The maximum Gasteiger partial charge on any atom is 0.259 e. The first-order valence-corrected chi connectivity index (χ1v) is 11.8. The van der Waals surface area contributed by atoms with E-state index in [2.05, 4.69) is 26.4 Å². The summed E-state index contributed by atoms with van der Waals surface area (Å²) >= 11 is 0. The zero-order valence-corrected chi connectivity index (χ0v) is 18.2. The third-order valence-corrected chi connectivity index (χ3v) is 6.87. The van der Waals surface area contributed by atoms with Gasteiger partial charge in [0.25, 0.3) is 15.9 Å².